The highest BCUT2D eigenvalue weighted by Crippen LogP contribution is 2.24. The van der Waals surface area contributed by atoms with Gasteiger partial charge in [-0.1, -0.05) is 6.92 Å². The molecule has 0 aliphatic rings. The van der Waals surface area contributed by atoms with Crippen LogP contribution in [0.5, 0.6) is 0 Å². The third-order valence-corrected chi connectivity index (χ3v) is 4.13. The van der Waals surface area contributed by atoms with Crippen molar-refractivity contribution in [1.29, 1.82) is 0 Å². The molecule has 2 rings (SSSR count). The summed E-state index contributed by atoms with van der Waals surface area (Å²) in [5.74, 6) is 0.00128. The minimum absolute atomic E-state index is 0.00128. The lowest BCUT2D eigenvalue weighted by Gasteiger charge is -2.10. The maximum absolute atomic E-state index is 11.5. The molecule has 1 heterocycles. The summed E-state index contributed by atoms with van der Waals surface area (Å²) in [4.78, 5) is 0. The molecule has 8 heteroatoms. The summed E-state index contributed by atoms with van der Waals surface area (Å²) < 4.78 is 25.4. The van der Waals surface area contributed by atoms with Crippen LogP contribution in [0.15, 0.2) is 18.3 Å². The fraction of sp³-hybridized carbons (Fsp3) is 0.364. The number of nitrogens with zero attached hydrogens (tertiary/aromatic N) is 1. The van der Waals surface area contributed by atoms with Crippen LogP contribution in [0.1, 0.15) is 6.92 Å². The molecule has 1 aromatic heterocycles. The van der Waals surface area contributed by atoms with Gasteiger partial charge in [0.2, 0.25) is 10.0 Å². The Hall–Kier alpha value is -1.80. The van der Waals surface area contributed by atoms with Crippen molar-refractivity contribution in [2.24, 2.45) is 0 Å². The lowest BCUT2D eigenvalue weighted by molar-refractivity contribution is 0.584. The minimum atomic E-state index is -3.22. The Labute approximate surface area is 111 Å². The van der Waals surface area contributed by atoms with E-state index in [0.717, 1.165) is 10.9 Å². The topological polar surface area (TPSA) is 113 Å². The van der Waals surface area contributed by atoms with Gasteiger partial charge < -0.3 is 11.1 Å². The minimum Gasteiger partial charge on any atom is -0.397 e. The van der Waals surface area contributed by atoms with E-state index >= 15 is 0 Å². The first kappa shape index (κ1) is 13.6. The van der Waals surface area contributed by atoms with Crippen molar-refractivity contribution in [3.8, 4) is 0 Å². The second kappa shape index (κ2) is 5.45. The van der Waals surface area contributed by atoms with E-state index in [1.807, 2.05) is 6.07 Å². The highest BCUT2D eigenvalue weighted by Gasteiger charge is 2.09. The molecule has 0 fully saturated rings. The number of aromatic nitrogens is 2. The molecule has 1 aromatic carbocycles. The van der Waals surface area contributed by atoms with Crippen molar-refractivity contribution in [1.82, 2.24) is 14.9 Å². The van der Waals surface area contributed by atoms with Crippen LogP contribution in [-0.2, 0) is 10.0 Å². The third-order valence-electron chi connectivity index (χ3n) is 2.66. The second-order valence-corrected chi connectivity index (χ2v) is 6.07. The number of nitrogens with one attached hydrogen (secondary N) is 3. The fourth-order valence-electron chi connectivity index (χ4n) is 1.77. The van der Waals surface area contributed by atoms with Gasteiger partial charge in [0.1, 0.15) is 0 Å². The van der Waals surface area contributed by atoms with Gasteiger partial charge in [-0.2, -0.15) is 5.10 Å². The predicted molar refractivity (Wildman–Crippen MR) is 76.5 cm³/mol. The quantitative estimate of drug-likeness (QED) is 0.576. The molecule has 7 nitrogen and oxygen atoms in total. The van der Waals surface area contributed by atoms with Gasteiger partial charge in [0, 0.05) is 18.5 Å². The molecular formula is C11H17N5O2S. The number of anilines is 2. The molecule has 0 spiro atoms. The molecular weight excluding hydrogens is 266 g/mol. The Morgan fingerprint density at radius 3 is 2.95 bits per heavy atom. The average Bonchev–Trinajstić information content (AvgIpc) is 2.76. The number of rotatable bonds is 6. The van der Waals surface area contributed by atoms with E-state index in [1.165, 1.54) is 0 Å². The van der Waals surface area contributed by atoms with Crippen molar-refractivity contribution in [2.45, 2.75) is 6.92 Å². The van der Waals surface area contributed by atoms with Gasteiger partial charge in [-0.15, -0.1) is 0 Å². The number of nitrogen functional groups attached to an aromatic ring is 1. The smallest absolute Gasteiger partial charge is 0.213 e. The Bertz CT molecular complexity index is 665. The Kier molecular flexibility index (Phi) is 3.91. The molecule has 2 aromatic rings. The van der Waals surface area contributed by atoms with E-state index in [9.17, 15) is 8.42 Å². The van der Waals surface area contributed by atoms with E-state index in [2.05, 4.69) is 20.2 Å². The lowest BCUT2D eigenvalue weighted by atomic mass is 10.2. The fourth-order valence-corrected chi connectivity index (χ4v) is 2.73. The lowest BCUT2D eigenvalue weighted by Crippen LogP contribution is -2.29. The first-order chi connectivity index (χ1) is 9.02. The first-order valence-electron chi connectivity index (χ1n) is 5.95. The van der Waals surface area contributed by atoms with Crippen molar-refractivity contribution < 1.29 is 8.42 Å². The first-order valence-corrected chi connectivity index (χ1v) is 7.61. The van der Waals surface area contributed by atoms with Crippen LogP contribution in [-0.4, -0.2) is 37.5 Å². The van der Waals surface area contributed by atoms with Crippen LogP contribution in [0.2, 0.25) is 0 Å². The van der Waals surface area contributed by atoms with Crippen molar-refractivity contribution in [3.05, 3.63) is 18.3 Å². The predicted octanol–water partition coefficient (Wildman–Crippen LogP) is 0.496. The molecule has 5 N–H and O–H groups in total. The van der Waals surface area contributed by atoms with E-state index in [-0.39, 0.29) is 5.75 Å². The average molecular weight is 283 g/mol. The number of hydrogen-bond donors (Lipinski definition) is 4. The van der Waals surface area contributed by atoms with E-state index < -0.39 is 10.0 Å². The van der Waals surface area contributed by atoms with E-state index in [4.69, 9.17) is 5.73 Å². The molecule has 0 atom stereocenters. The molecule has 0 aliphatic heterocycles. The molecule has 0 bridgehead atoms. The molecule has 0 unspecified atom stereocenters. The summed E-state index contributed by atoms with van der Waals surface area (Å²) in [7, 11) is -3.22. The van der Waals surface area contributed by atoms with Crippen LogP contribution < -0.4 is 15.8 Å². The zero-order valence-electron chi connectivity index (χ0n) is 10.6. The Morgan fingerprint density at radius 1 is 1.42 bits per heavy atom. The zero-order chi connectivity index (χ0) is 13.9. The highest BCUT2D eigenvalue weighted by molar-refractivity contribution is 7.89. The SMILES string of the molecule is CCNS(=O)(=O)CCNc1cc2[nH]ncc2cc1N. The molecule has 104 valence electrons. The van der Waals surface area contributed by atoms with Gasteiger partial charge in [0.15, 0.2) is 0 Å². The second-order valence-electron chi connectivity index (χ2n) is 4.14. The number of aromatic amines is 1. The summed E-state index contributed by atoms with van der Waals surface area (Å²) in [5.41, 5.74) is 8.00. The van der Waals surface area contributed by atoms with Crippen LogP contribution in [0, 0.1) is 0 Å². The van der Waals surface area contributed by atoms with Crippen molar-refractivity contribution >= 4 is 32.3 Å². The number of fused-ring (bicyclic) bond motifs is 1. The normalized spacial score (nSPS) is 11.8. The maximum atomic E-state index is 11.5. The standard InChI is InChI=1S/C11H17N5O2S/c1-2-15-19(17,18)4-3-13-11-6-10-8(5-9(11)12)7-14-16-10/h5-7,13,15H,2-4,12H2,1H3,(H,14,16). The van der Waals surface area contributed by atoms with E-state index in [1.54, 1.807) is 19.2 Å². The summed E-state index contributed by atoms with van der Waals surface area (Å²) in [6.45, 7) is 2.43. The summed E-state index contributed by atoms with van der Waals surface area (Å²) in [6, 6.07) is 3.61. The number of benzene rings is 1. The molecule has 19 heavy (non-hydrogen) atoms. The van der Waals surface area contributed by atoms with Gasteiger partial charge in [0.25, 0.3) is 0 Å². The van der Waals surface area contributed by atoms with Crippen molar-refractivity contribution in [3.63, 3.8) is 0 Å². The van der Waals surface area contributed by atoms with Gasteiger partial charge in [-0.25, -0.2) is 13.1 Å². The largest absolute Gasteiger partial charge is 0.397 e. The summed E-state index contributed by atoms with van der Waals surface area (Å²) in [5, 5.41) is 10.7. The van der Waals surface area contributed by atoms with Gasteiger partial charge >= 0.3 is 0 Å². The maximum Gasteiger partial charge on any atom is 0.213 e. The molecule has 0 amide bonds. The highest BCUT2D eigenvalue weighted by atomic mass is 32.2. The number of sulfonamides is 1. The molecule has 0 saturated carbocycles. The number of hydrogen-bond acceptors (Lipinski definition) is 5. The third kappa shape index (κ3) is 3.36. The van der Waals surface area contributed by atoms with Crippen LogP contribution in [0.25, 0.3) is 10.9 Å². The molecule has 0 aliphatic carbocycles. The number of H-pyrrole nitrogens is 1. The van der Waals surface area contributed by atoms with Crippen LogP contribution >= 0.6 is 0 Å². The van der Waals surface area contributed by atoms with E-state index in [0.29, 0.717) is 24.5 Å². The van der Waals surface area contributed by atoms with Crippen molar-refractivity contribution in [2.75, 3.05) is 29.9 Å². The van der Waals surface area contributed by atoms with Gasteiger partial charge in [-0.3, -0.25) is 5.10 Å². The molecule has 0 saturated heterocycles. The van der Waals surface area contributed by atoms with Crippen LogP contribution in [0.3, 0.4) is 0 Å². The van der Waals surface area contributed by atoms with Crippen LogP contribution in [0.4, 0.5) is 11.4 Å². The summed E-state index contributed by atoms with van der Waals surface area (Å²) in [6.07, 6.45) is 1.69. The zero-order valence-corrected chi connectivity index (χ0v) is 11.4. The number of nitrogens with two attached hydrogens (primary N) is 1. The molecule has 0 radical (unpaired) electrons. The van der Waals surface area contributed by atoms with Gasteiger partial charge in [-0.05, 0) is 12.1 Å². The monoisotopic (exact) mass is 283 g/mol. The Morgan fingerprint density at radius 2 is 2.21 bits per heavy atom. The summed E-state index contributed by atoms with van der Waals surface area (Å²) >= 11 is 0. The Balaban J connectivity index is 2.03. The van der Waals surface area contributed by atoms with Gasteiger partial charge in [0.05, 0.1) is 28.8 Å².